The number of nitrogens with zero attached hydrogens (tertiary/aromatic N) is 3. The molecule has 0 unspecified atom stereocenters. The van der Waals surface area contributed by atoms with Crippen molar-refractivity contribution in [2.24, 2.45) is 0 Å². The maximum absolute atomic E-state index is 11.4. The highest BCUT2D eigenvalue weighted by Crippen LogP contribution is 2.36. The molecule has 1 rings (SSSR count). The summed E-state index contributed by atoms with van der Waals surface area (Å²) >= 11 is 0. The summed E-state index contributed by atoms with van der Waals surface area (Å²) in [7, 11) is -16.3. The molecule has 1 aromatic heterocycles. The van der Waals surface area contributed by atoms with Gasteiger partial charge < -0.3 is 4.13 Å². The van der Waals surface area contributed by atoms with Gasteiger partial charge in [-0.1, -0.05) is 0 Å². The fourth-order valence-electron chi connectivity index (χ4n) is 1.24. The number of sulfonamides is 2. The molecule has 0 aliphatic carbocycles. The summed E-state index contributed by atoms with van der Waals surface area (Å²) in [6.07, 6.45) is 6.98. The molecule has 0 saturated heterocycles. The molecule has 0 bridgehead atoms. The second-order valence-corrected chi connectivity index (χ2v) is 10.7. The van der Waals surface area contributed by atoms with Gasteiger partial charge in [0.1, 0.15) is 18.9 Å². The van der Waals surface area contributed by atoms with Crippen LogP contribution in [-0.2, 0) is 43.0 Å². The second-order valence-electron chi connectivity index (χ2n) is 5.03. The number of imidazole rings is 1. The van der Waals surface area contributed by atoms with Crippen molar-refractivity contribution in [2.45, 2.75) is 31.0 Å². The van der Waals surface area contributed by atoms with Crippen molar-refractivity contribution in [1.82, 2.24) is 4.57 Å². The summed E-state index contributed by atoms with van der Waals surface area (Å²) in [4.78, 5) is 0. The minimum absolute atomic E-state index is 0.200. The molecule has 0 amide bonds. The molecule has 28 heavy (non-hydrogen) atoms. The molecular weight excluding hydrogens is 468 g/mol. The van der Waals surface area contributed by atoms with Gasteiger partial charge in [0, 0.05) is 6.26 Å². The van der Waals surface area contributed by atoms with E-state index in [9.17, 15) is 51.6 Å². The largest absolute Gasteiger partial charge is 0.480 e. The standard InChI is InChI=1S/C8H15N2O2S.C2F6NO4S2/c1-3-9-4-5-10(8-9)6-7-13(2,11)12;3-1(4,5)14(10,11)9-15(12,13)2(6,7)8/h4-5,8H,3,6-7H2,1-2H3;/q+1;-1. The van der Waals surface area contributed by atoms with Crippen LogP contribution in [0.25, 0.3) is 4.13 Å². The van der Waals surface area contributed by atoms with Crippen LogP contribution in [0.5, 0.6) is 0 Å². The Kier molecular flexibility index (Phi) is 8.50. The molecule has 0 radical (unpaired) electrons. The van der Waals surface area contributed by atoms with Crippen LogP contribution in [0.4, 0.5) is 26.3 Å². The van der Waals surface area contributed by atoms with Crippen molar-refractivity contribution in [3.05, 3.63) is 22.8 Å². The number of rotatable bonds is 6. The molecule has 0 aliphatic rings. The first-order chi connectivity index (χ1) is 12.2. The van der Waals surface area contributed by atoms with Crippen LogP contribution in [0.15, 0.2) is 18.7 Å². The molecule has 18 heteroatoms. The predicted molar refractivity (Wildman–Crippen MR) is 83.3 cm³/mol. The highest BCUT2D eigenvalue weighted by Gasteiger charge is 2.46. The number of hydrogen-bond donors (Lipinski definition) is 0. The summed E-state index contributed by atoms with van der Waals surface area (Å²) in [6.45, 7) is 3.48. The molecule has 0 fully saturated rings. The molecule has 0 atom stereocenters. The van der Waals surface area contributed by atoms with Crippen LogP contribution >= 0.6 is 0 Å². The topological polar surface area (TPSA) is 125 Å². The highest BCUT2D eigenvalue weighted by molar-refractivity contribution is 8.13. The zero-order valence-corrected chi connectivity index (χ0v) is 16.6. The molecular formula is C10H15F6N3O6S3. The van der Waals surface area contributed by atoms with Crippen molar-refractivity contribution in [3.8, 4) is 0 Å². The van der Waals surface area contributed by atoms with E-state index in [1.54, 1.807) is 0 Å². The minimum atomic E-state index is -6.72. The van der Waals surface area contributed by atoms with E-state index < -0.39 is 40.9 Å². The number of aryl methyl sites for hydroxylation is 2. The lowest BCUT2D eigenvalue weighted by Crippen LogP contribution is -2.34. The van der Waals surface area contributed by atoms with Crippen molar-refractivity contribution < 1.29 is 56.2 Å². The van der Waals surface area contributed by atoms with Gasteiger partial charge in [0.25, 0.3) is 0 Å². The lowest BCUT2D eigenvalue weighted by molar-refractivity contribution is -0.692. The first-order valence-electron chi connectivity index (χ1n) is 6.81. The van der Waals surface area contributed by atoms with E-state index in [-0.39, 0.29) is 5.75 Å². The Morgan fingerprint density at radius 3 is 1.64 bits per heavy atom. The molecule has 0 spiro atoms. The fourth-order valence-corrected chi connectivity index (χ4v) is 3.50. The normalized spacial score (nSPS) is 13.7. The third-order valence-electron chi connectivity index (χ3n) is 2.61. The predicted octanol–water partition coefficient (Wildman–Crippen LogP) is 0.899. The maximum atomic E-state index is 11.4. The first-order valence-corrected chi connectivity index (χ1v) is 11.8. The monoisotopic (exact) mass is 483 g/mol. The molecule has 0 N–H and O–H groups in total. The number of hydrogen-bond acceptors (Lipinski definition) is 6. The average molecular weight is 483 g/mol. The van der Waals surface area contributed by atoms with E-state index in [0.717, 1.165) is 10.7 Å². The molecule has 1 aromatic rings. The molecule has 9 nitrogen and oxygen atoms in total. The number of alkyl halides is 6. The van der Waals surface area contributed by atoms with Gasteiger partial charge in [-0.3, -0.25) is 0 Å². The Morgan fingerprint density at radius 2 is 1.36 bits per heavy atom. The Bertz CT molecular complexity index is 921. The average Bonchev–Trinajstić information content (AvgIpc) is 2.89. The lowest BCUT2D eigenvalue weighted by atomic mass is 10.7. The molecule has 0 saturated carbocycles. The van der Waals surface area contributed by atoms with E-state index in [1.165, 1.54) is 6.26 Å². The van der Waals surface area contributed by atoms with E-state index in [4.69, 9.17) is 0 Å². The lowest BCUT2D eigenvalue weighted by Gasteiger charge is -2.22. The Hall–Kier alpha value is -1.40. The van der Waals surface area contributed by atoms with Crippen LogP contribution < -0.4 is 4.57 Å². The van der Waals surface area contributed by atoms with Crippen LogP contribution in [0.3, 0.4) is 0 Å². The first kappa shape index (κ1) is 26.6. The van der Waals surface area contributed by atoms with Gasteiger partial charge >= 0.3 is 11.0 Å². The van der Waals surface area contributed by atoms with Crippen LogP contribution in [-0.4, -0.2) is 52.8 Å². The minimum Gasteiger partial charge on any atom is -0.421 e. The fraction of sp³-hybridized carbons (Fsp3) is 0.700. The van der Waals surface area contributed by atoms with Gasteiger partial charge in [-0.2, -0.15) is 26.3 Å². The molecule has 166 valence electrons. The number of halogens is 6. The van der Waals surface area contributed by atoms with Gasteiger partial charge in [-0.15, -0.1) is 0 Å². The number of sulfone groups is 1. The van der Waals surface area contributed by atoms with Gasteiger partial charge in [-0.05, 0) is 6.92 Å². The third-order valence-corrected chi connectivity index (χ3v) is 6.28. The van der Waals surface area contributed by atoms with E-state index in [0.29, 0.717) is 6.54 Å². The quantitative estimate of drug-likeness (QED) is 0.437. The zero-order chi connectivity index (χ0) is 22.6. The summed E-state index contributed by atoms with van der Waals surface area (Å²) in [5.74, 6) is 0.200. The smallest absolute Gasteiger partial charge is 0.421 e. The maximum Gasteiger partial charge on any atom is 0.480 e. The highest BCUT2D eigenvalue weighted by atomic mass is 32.3. The van der Waals surface area contributed by atoms with Gasteiger partial charge in [-0.25, -0.2) is 34.4 Å². The Balaban J connectivity index is 0.000000525. The summed E-state index contributed by atoms with van der Waals surface area (Å²) < 4.78 is 135. The van der Waals surface area contributed by atoms with Crippen molar-refractivity contribution in [3.63, 3.8) is 0 Å². The zero-order valence-electron chi connectivity index (χ0n) is 14.1. The van der Waals surface area contributed by atoms with Crippen LogP contribution in [0.1, 0.15) is 6.92 Å². The summed E-state index contributed by atoms with van der Waals surface area (Å²) in [5, 5.41) is 0. The van der Waals surface area contributed by atoms with Crippen LogP contribution in [0, 0.1) is 0 Å². The second kappa shape index (κ2) is 8.95. The van der Waals surface area contributed by atoms with Crippen molar-refractivity contribution in [1.29, 1.82) is 0 Å². The van der Waals surface area contributed by atoms with E-state index >= 15 is 0 Å². The summed E-state index contributed by atoms with van der Waals surface area (Å²) in [5.41, 5.74) is -12.4. The van der Waals surface area contributed by atoms with E-state index in [1.807, 2.05) is 34.8 Å². The third kappa shape index (κ3) is 8.74. The van der Waals surface area contributed by atoms with Crippen LogP contribution in [0.2, 0.25) is 0 Å². The van der Waals surface area contributed by atoms with Gasteiger partial charge in [0.15, 0.2) is 29.9 Å². The van der Waals surface area contributed by atoms with Crippen molar-refractivity contribution >= 4 is 29.9 Å². The Labute approximate surface area is 157 Å². The SMILES string of the molecule is CCn1cc[n+](CCS(C)(=O)=O)c1.O=S(=O)([N-]S(=O)(=O)C(F)(F)F)C(F)(F)F. The van der Waals surface area contributed by atoms with Crippen molar-refractivity contribution in [2.75, 3.05) is 12.0 Å². The number of aromatic nitrogens is 2. The molecule has 0 aromatic carbocycles. The molecule has 1 heterocycles. The Morgan fingerprint density at radius 1 is 0.929 bits per heavy atom. The van der Waals surface area contributed by atoms with E-state index in [2.05, 4.69) is 0 Å². The molecule has 0 aliphatic heterocycles. The van der Waals surface area contributed by atoms with Gasteiger partial charge in [0.05, 0.1) is 12.3 Å². The van der Waals surface area contributed by atoms with Gasteiger partial charge in [0.2, 0.25) is 6.33 Å². The summed E-state index contributed by atoms with van der Waals surface area (Å²) in [6, 6.07) is 0.